The van der Waals surface area contributed by atoms with Crippen molar-refractivity contribution in [3.8, 4) is 0 Å². The smallest absolute Gasteiger partial charge is 0.269 e. The van der Waals surface area contributed by atoms with Crippen LogP contribution in [0.5, 0.6) is 0 Å². The van der Waals surface area contributed by atoms with Gasteiger partial charge in [0, 0.05) is 44.0 Å². The first kappa shape index (κ1) is 15.7. The van der Waals surface area contributed by atoms with Gasteiger partial charge < -0.3 is 9.80 Å². The van der Waals surface area contributed by atoms with E-state index in [1.54, 1.807) is 12.1 Å². The molecule has 0 amide bonds. The van der Waals surface area contributed by atoms with Crippen molar-refractivity contribution in [2.24, 2.45) is 0 Å². The average molecular weight is 355 g/mol. The number of rotatable bonds is 3. The summed E-state index contributed by atoms with van der Waals surface area (Å²) in [6, 6.07) is 6.52. The number of benzene rings is 1. The Morgan fingerprint density at radius 2 is 1.43 bits per heavy atom. The summed E-state index contributed by atoms with van der Waals surface area (Å²) in [7, 11) is 0. The van der Waals surface area contributed by atoms with Crippen molar-refractivity contribution in [2.75, 3.05) is 36.0 Å². The van der Waals surface area contributed by atoms with Crippen LogP contribution in [-0.4, -0.2) is 46.1 Å². The predicted molar refractivity (Wildman–Crippen MR) is 87.4 cm³/mol. The molecule has 0 atom stereocenters. The van der Waals surface area contributed by atoms with Gasteiger partial charge in [-0.2, -0.15) is 15.0 Å². The molecule has 2 heterocycles. The van der Waals surface area contributed by atoms with Crippen LogP contribution in [0.1, 0.15) is 0 Å². The van der Waals surface area contributed by atoms with Crippen LogP contribution in [0, 0.1) is 10.1 Å². The summed E-state index contributed by atoms with van der Waals surface area (Å²) in [5.74, 6) is 0.457. The lowest BCUT2D eigenvalue weighted by atomic mass is 10.2. The van der Waals surface area contributed by atoms with Crippen LogP contribution >= 0.6 is 23.2 Å². The van der Waals surface area contributed by atoms with Gasteiger partial charge in [0.05, 0.1) is 4.92 Å². The van der Waals surface area contributed by atoms with E-state index in [1.807, 2.05) is 4.90 Å². The van der Waals surface area contributed by atoms with Gasteiger partial charge in [-0.05, 0) is 35.3 Å². The summed E-state index contributed by atoms with van der Waals surface area (Å²) in [5.41, 5.74) is 1.03. The van der Waals surface area contributed by atoms with E-state index in [0.717, 1.165) is 18.8 Å². The van der Waals surface area contributed by atoms with E-state index >= 15 is 0 Å². The molecule has 1 aliphatic rings. The molecule has 0 unspecified atom stereocenters. The minimum absolute atomic E-state index is 0.0674. The third kappa shape index (κ3) is 3.59. The minimum Gasteiger partial charge on any atom is -0.368 e. The standard InChI is InChI=1S/C13H12Cl2N6O2/c14-11-16-12(15)18-13(17-11)20-7-5-19(6-8-20)9-1-3-10(4-2-9)21(22)23/h1-4H,5-8H2. The van der Waals surface area contributed by atoms with E-state index in [1.165, 1.54) is 12.1 Å². The molecule has 0 aliphatic carbocycles. The largest absolute Gasteiger partial charge is 0.368 e. The van der Waals surface area contributed by atoms with Crippen molar-refractivity contribution in [1.82, 2.24) is 15.0 Å². The van der Waals surface area contributed by atoms with Gasteiger partial charge in [-0.3, -0.25) is 10.1 Å². The fraction of sp³-hybridized carbons (Fsp3) is 0.308. The van der Waals surface area contributed by atoms with Gasteiger partial charge in [0.25, 0.3) is 5.69 Å². The highest BCUT2D eigenvalue weighted by atomic mass is 35.5. The number of hydrogen-bond donors (Lipinski definition) is 0. The zero-order valence-corrected chi connectivity index (χ0v) is 13.4. The molecule has 1 aromatic heterocycles. The van der Waals surface area contributed by atoms with Gasteiger partial charge in [-0.25, -0.2) is 0 Å². The maximum Gasteiger partial charge on any atom is 0.269 e. The van der Waals surface area contributed by atoms with Crippen LogP contribution in [0.25, 0.3) is 0 Å². The molecule has 2 aromatic rings. The summed E-state index contributed by atoms with van der Waals surface area (Å²) in [6.07, 6.45) is 0. The third-order valence-electron chi connectivity index (χ3n) is 3.56. The van der Waals surface area contributed by atoms with Crippen LogP contribution in [-0.2, 0) is 0 Å². The Morgan fingerprint density at radius 3 is 1.96 bits per heavy atom. The zero-order chi connectivity index (χ0) is 16.4. The van der Waals surface area contributed by atoms with Crippen LogP contribution < -0.4 is 9.80 Å². The van der Waals surface area contributed by atoms with Gasteiger partial charge in [0.2, 0.25) is 16.5 Å². The second-order valence-corrected chi connectivity index (χ2v) is 5.60. The van der Waals surface area contributed by atoms with Gasteiger partial charge in [-0.15, -0.1) is 0 Å². The number of nitro benzene ring substituents is 1. The van der Waals surface area contributed by atoms with Crippen molar-refractivity contribution in [3.05, 3.63) is 44.9 Å². The molecule has 0 N–H and O–H groups in total. The maximum atomic E-state index is 10.7. The number of non-ortho nitro benzene ring substituents is 1. The topological polar surface area (TPSA) is 88.3 Å². The monoisotopic (exact) mass is 354 g/mol. The van der Waals surface area contributed by atoms with Crippen LogP contribution in [0.4, 0.5) is 17.3 Å². The SMILES string of the molecule is O=[N+]([O-])c1ccc(N2CCN(c3nc(Cl)nc(Cl)n3)CC2)cc1. The molecular formula is C13H12Cl2N6O2. The molecule has 1 saturated heterocycles. The Balaban J connectivity index is 1.67. The Morgan fingerprint density at radius 1 is 0.913 bits per heavy atom. The van der Waals surface area contributed by atoms with Gasteiger partial charge in [0.1, 0.15) is 0 Å². The molecule has 1 aliphatic heterocycles. The minimum atomic E-state index is -0.407. The van der Waals surface area contributed by atoms with E-state index < -0.39 is 4.92 Å². The lowest BCUT2D eigenvalue weighted by Crippen LogP contribution is -2.47. The van der Waals surface area contributed by atoms with Crippen molar-refractivity contribution in [2.45, 2.75) is 0 Å². The fourth-order valence-corrected chi connectivity index (χ4v) is 2.76. The quantitative estimate of drug-likeness (QED) is 0.617. The summed E-state index contributed by atoms with van der Waals surface area (Å²) < 4.78 is 0. The number of aromatic nitrogens is 3. The highest BCUT2D eigenvalue weighted by Gasteiger charge is 2.20. The molecule has 1 fully saturated rings. The van der Waals surface area contributed by atoms with Crippen molar-refractivity contribution >= 4 is 40.5 Å². The molecular weight excluding hydrogens is 343 g/mol. The molecule has 1 aromatic carbocycles. The Hall–Kier alpha value is -2.19. The third-order valence-corrected chi connectivity index (χ3v) is 3.90. The van der Waals surface area contributed by atoms with E-state index in [2.05, 4.69) is 19.9 Å². The van der Waals surface area contributed by atoms with Gasteiger partial charge in [0.15, 0.2) is 0 Å². The number of piperazine rings is 1. The van der Waals surface area contributed by atoms with Crippen molar-refractivity contribution in [1.29, 1.82) is 0 Å². The number of nitrogens with zero attached hydrogens (tertiary/aromatic N) is 6. The summed E-state index contributed by atoms with van der Waals surface area (Å²) >= 11 is 11.6. The summed E-state index contributed by atoms with van der Waals surface area (Å²) in [5, 5.41) is 10.8. The maximum absolute atomic E-state index is 10.7. The zero-order valence-electron chi connectivity index (χ0n) is 11.9. The Labute approximate surface area is 141 Å². The first-order chi connectivity index (χ1) is 11.0. The highest BCUT2D eigenvalue weighted by Crippen LogP contribution is 2.22. The lowest BCUT2D eigenvalue weighted by molar-refractivity contribution is -0.384. The lowest BCUT2D eigenvalue weighted by Gasteiger charge is -2.36. The second kappa shape index (κ2) is 6.51. The molecule has 0 radical (unpaired) electrons. The molecule has 23 heavy (non-hydrogen) atoms. The van der Waals surface area contributed by atoms with E-state index in [4.69, 9.17) is 23.2 Å². The summed E-state index contributed by atoms with van der Waals surface area (Å²) in [4.78, 5) is 26.3. The number of nitro groups is 1. The Bertz CT molecular complexity index is 699. The van der Waals surface area contributed by atoms with Crippen LogP contribution in [0.15, 0.2) is 24.3 Å². The highest BCUT2D eigenvalue weighted by molar-refractivity contribution is 6.31. The van der Waals surface area contributed by atoms with E-state index in [-0.39, 0.29) is 16.3 Å². The van der Waals surface area contributed by atoms with Crippen molar-refractivity contribution < 1.29 is 4.92 Å². The first-order valence-electron chi connectivity index (χ1n) is 6.84. The van der Waals surface area contributed by atoms with Crippen LogP contribution in [0.2, 0.25) is 10.6 Å². The van der Waals surface area contributed by atoms with Crippen molar-refractivity contribution in [3.63, 3.8) is 0 Å². The second-order valence-electron chi connectivity index (χ2n) is 4.92. The molecule has 0 bridgehead atoms. The molecule has 0 saturated carbocycles. The van der Waals surface area contributed by atoms with E-state index in [0.29, 0.717) is 19.0 Å². The first-order valence-corrected chi connectivity index (χ1v) is 7.60. The van der Waals surface area contributed by atoms with Crippen LogP contribution in [0.3, 0.4) is 0 Å². The fourth-order valence-electron chi connectivity index (χ4n) is 2.41. The van der Waals surface area contributed by atoms with E-state index in [9.17, 15) is 10.1 Å². The predicted octanol–water partition coefficient (Wildman–Crippen LogP) is 2.41. The Kier molecular flexibility index (Phi) is 4.44. The molecule has 8 nitrogen and oxygen atoms in total. The number of hydrogen-bond acceptors (Lipinski definition) is 7. The van der Waals surface area contributed by atoms with Gasteiger partial charge in [-0.1, -0.05) is 0 Å². The average Bonchev–Trinajstić information content (AvgIpc) is 2.54. The molecule has 10 heteroatoms. The number of anilines is 2. The molecule has 0 spiro atoms. The molecule has 3 rings (SSSR count). The number of halogens is 2. The summed E-state index contributed by atoms with van der Waals surface area (Å²) in [6.45, 7) is 2.85. The van der Waals surface area contributed by atoms with Gasteiger partial charge >= 0.3 is 0 Å². The molecule has 120 valence electrons. The normalized spacial score (nSPS) is 14.9.